The maximum absolute atomic E-state index is 10.5. The van der Waals surface area contributed by atoms with E-state index in [2.05, 4.69) is 0 Å². The first-order valence-corrected chi connectivity index (χ1v) is 3.43. The maximum Gasteiger partial charge on any atom is 0.135 e. The molecular formula is C6H11ClO2. The van der Waals surface area contributed by atoms with E-state index in [1.165, 1.54) is 6.92 Å². The van der Waals surface area contributed by atoms with Crippen LogP contribution >= 0.6 is 11.6 Å². The average Bonchev–Trinajstić information content (AvgIpc) is 1.82. The molecule has 1 unspecified atom stereocenters. The molecule has 0 saturated carbocycles. The van der Waals surface area contributed by atoms with E-state index in [0.717, 1.165) is 0 Å². The minimum Gasteiger partial charge on any atom is -0.396 e. The predicted octanol–water partition coefficient (Wildman–Crippen LogP) is 0.813. The number of alkyl halides is 1. The third-order valence-electron chi connectivity index (χ3n) is 1.25. The Labute approximate surface area is 59.8 Å². The van der Waals surface area contributed by atoms with Crippen LogP contribution < -0.4 is 0 Å². The summed E-state index contributed by atoms with van der Waals surface area (Å²) in [5.41, 5.74) is 0. The Morgan fingerprint density at radius 2 is 2.33 bits per heavy atom. The number of ketones is 1. The third-order valence-corrected chi connectivity index (χ3v) is 1.47. The monoisotopic (exact) mass is 150 g/mol. The molecule has 0 aliphatic rings. The van der Waals surface area contributed by atoms with Gasteiger partial charge in [-0.05, 0) is 13.3 Å². The Bertz CT molecular complexity index is 93.1. The Morgan fingerprint density at radius 3 is 2.44 bits per heavy atom. The van der Waals surface area contributed by atoms with E-state index in [1.807, 2.05) is 0 Å². The van der Waals surface area contributed by atoms with Crippen LogP contribution in [-0.4, -0.2) is 23.4 Å². The number of aliphatic hydroxyl groups excluding tert-OH is 1. The normalized spacial score (nSPS) is 13.2. The minimum absolute atomic E-state index is 0.0122. The first-order valence-electron chi connectivity index (χ1n) is 2.89. The van der Waals surface area contributed by atoms with Gasteiger partial charge in [-0.2, -0.15) is 0 Å². The van der Waals surface area contributed by atoms with Crippen LogP contribution in [0.5, 0.6) is 0 Å². The first-order chi connectivity index (χ1) is 4.22. The lowest BCUT2D eigenvalue weighted by Crippen LogP contribution is -2.15. The molecule has 0 radical (unpaired) electrons. The molecule has 9 heavy (non-hydrogen) atoms. The standard InChI is InChI=1S/C6H11ClO2/c1-5(9)6(4-8)2-3-7/h6,8H,2-4H2,1H3. The van der Waals surface area contributed by atoms with Crippen LogP contribution in [-0.2, 0) is 4.79 Å². The average molecular weight is 151 g/mol. The summed E-state index contributed by atoms with van der Waals surface area (Å²) >= 11 is 5.36. The number of hydrogen-bond donors (Lipinski definition) is 1. The maximum atomic E-state index is 10.5. The van der Waals surface area contributed by atoms with Crippen LogP contribution in [0.25, 0.3) is 0 Å². The summed E-state index contributed by atoms with van der Waals surface area (Å²) in [6, 6.07) is 0. The van der Waals surface area contributed by atoms with Gasteiger partial charge >= 0.3 is 0 Å². The molecule has 0 heterocycles. The SMILES string of the molecule is CC(=O)C(CO)CCCl. The third kappa shape index (κ3) is 3.49. The number of aliphatic hydroxyl groups is 1. The van der Waals surface area contributed by atoms with E-state index in [-0.39, 0.29) is 18.3 Å². The van der Waals surface area contributed by atoms with Crippen LogP contribution in [0.2, 0.25) is 0 Å². The lowest BCUT2D eigenvalue weighted by Gasteiger charge is -2.05. The molecule has 3 heteroatoms. The molecule has 1 atom stereocenters. The summed E-state index contributed by atoms with van der Waals surface area (Å²) < 4.78 is 0. The highest BCUT2D eigenvalue weighted by Gasteiger charge is 2.10. The van der Waals surface area contributed by atoms with Gasteiger partial charge < -0.3 is 5.11 Å². The first kappa shape index (κ1) is 8.92. The number of carbonyl (C=O) groups excluding carboxylic acids is 1. The van der Waals surface area contributed by atoms with E-state index in [9.17, 15) is 4.79 Å². The summed E-state index contributed by atoms with van der Waals surface area (Å²) in [4.78, 5) is 10.5. The van der Waals surface area contributed by atoms with Gasteiger partial charge in [-0.15, -0.1) is 11.6 Å². The molecule has 0 saturated heterocycles. The highest BCUT2D eigenvalue weighted by atomic mass is 35.5. The van der Waals surface area contributed by atoms with E-state index in [1.54, 1.807) is 0 Å². The molecule has 0 rings (SSSR count). The van der Waals surface area contributed by atoms with E-state index in [0.29, 0.717) is 12.3 Å². The highest BCUT2D eigenvalue weighted by Crippen LogP contribution is 2.03. The largest absolute Gasteiger partial charge is 0.396 e. The Morgan fingerprint density at radius 1 is 1.78 bits per heavy atom. The number of carbonyl (C=O) groups is 1. The van der Waals surface area contributed by atoms with Gasteiger partial charge in [0.1, 0.15) is 5.78 Å². The predicted molar refractivity (Wildman–Crippen MR) is 36.6 cm³/mol. The fourth-order valence-electron chi connectivity index (χ4n) is 0.555. The fraction of sp³-hybridized carbons (Fsp3) is 0.833. The summed E-state index contributed by atoms with van der Waals surface area (Å²) in [6.45, 7) is 1.38. The molecule has 1 N–H and O–H groups in total. The molecule has 54 valence electrons. The second kappa shape index (κ2) is 4.77. The van der Waals surface area contributed by atoms with Crippen molar-refractivity contribution in [2.24, 2.45) is 5.92 Å². The zero-order chi connectivity index (χ0) is 7.28. The van der Waals surface area contributed by atoms with Crippen molar-refractivity contribution in [3.05, 3.63) is 0 Å². The molecular weight excluding hydrogens is 140 g/mol. The fourth-order valence-corrected chi connectivity index (χ4v) is 0.818. The summed E-state index contributed by atoms with van der Waals surface area (Å²) in [5, 5.41) is 8.55. The van der Waals surface area contributed by atoms with Crippen LogP contribution in [0.4, 0.5) is 0 Å². The number of halogens is 1. The van der Waals surface area contributed by atoms with E-state index >= 15 is 0 Å². The van der Waals surface area contributed by atoms with Gasteiger partial charge in [-0.1, -0.05) is 0 Å². The summed E-state index contributed by atoms with van der Waals surface area (Å²) in [7, 11) is 0. The van der Waals surface area contributed by atoms with Gasteiger partial charge in [0.05, 0.1) is 6.61 Å². The van der Waals surface area contributed by atoms with Crippen molar-refractivity contribution >= 4 is 17.4 Å². The molecule has 0 aromatic rings. The molecule has 0 aromatic heterocycles. The van der Waals surface area contributed by atoms with Crippen LogP contribution in [0.1, 0.15) is 13.3 Å². The molecule has 0 amide bonds. The van der Waals surface area contributed by atoms with Crippen LogP contribution in [0.3, 0.4) is 0 Å². The molecule has 0 aliphatic heterocycles. The van der Waals surface area contributed by atoms with Crippen molar-refractivity contribution in [1.82, 2.24) is 0 Å². The quantitative estimate of drug-likeness (QED) is 0.603. The van der Waals surface area contributed by atoms with Crippen molar-refractivity contribution in [3.63, 3.8) is 0 Å². The Kier molecular flexibility index (Phi) is 4.72. The van der Waals surface area contributed by atoms with Crippen molar-refractivity contribution in [1.29, 1.82) is 0 Å². The van der Waals surface area contributed by atoms with Crippen LogP contribution in [0.15, 0.2) is 0 Å². The molecule has 0 fully saturated rings. The number of hydrogen-bond acceptors (Lipinski definition) is 2. The molecule has 2 nitrogen and oxygen atoms in total. The minimum atomic E-state index is -0.248. The highest BCUT2D eigenvalue weighted by molar-refractivity contribution is 6.18. The molecule has 0 aliphatic carbocycles. The van der Waals surface area contributed by atoms with Crippen LogP contribution in [0, 0.1) is 5.92 Å². The van der Waals surface area contributed by atoms with Crippen molar-refractivity contribution in [2.75, 3.05) is 12.5 Å². The van der Waals surface area contributed by atoms with Gasteiger partial charge in [0.15, 0.2) is 0 Å². The second-order valence-corrected chi connectivity index (χ2v) is 2.35. The zero-order valence-corrected chi connectivity index (χ0v) is 6.19. The van der Waals surface area contributed by atoms with Gasteiger partial charge in [-0.3, -0.25) is 4.79 Å². The zero-order valence-electron chi connectivity index (χ0n) is 5.43. The topological polar surface area (TPSA) is 37.3 Å². The number of rotatable bonds is 4. The molecule has 0 aromatic carbocycles. The Balaban J connectivity index is 3.54. The van der Waals surface area contributed by atoms with Crippen molar-refractivity contribution in [2.45, 2.75) is 13.3 Å². The van der Waals surface area contributed by atoms with Gasteiger partial charge in [0, 0.05) is 11.8 Å². The van der Waals surface area contributed by atoms with Gasteiger partial charge in [0.2, 0.25) is 0 Å². The molecule has 0 bridgehead atoms. The smallest absolute Gasteiger partial charge is 0.135 e. The van der Waals surface area contributed by atoms with Gasteiger partial charge in [-0.25, -0.2) is 0 Å². The van der Waals surface area contributed by atoms with E-state index < -0.39 is 0 Å². The lowest BCUT2D eigenvalue weighted by molar-refractivity contribution is -0.121. The Hall–Kier alpha value is -0.0800. The second-order valence-electron chi connectivity index (χ2n) is 1.97. The lowest BCUT2D eigenvalue weighted by atomic mass is 10.0. The van der Waals surface area contributed by atoms with Crippen molar-refractivity contribution in [3.8, 4) is 0 Å². The summed E-state index contributed by atoms with van der Waals surface area (Å²) in [5.74, 6) is 0.200. The molecule has 0 spiro atoms. The van der Waals surface area contributed by atoms with Gasteiger partial charge in [0.25, 0.3) is 0 Å². The summed E-state index contributed by atoms with van der Waals surface area (Å²) in [6.07, 6.45) is 0.577. The van der Waals surface area contributed by atoms with E-state index in [4.69, 9.17) is 16.7 Å². The van der Waals surface area contributed by atoms with Crippen molar-refractivity contribution < 1.29 is 9.90 Å². The number of Topliss-reactive ketones (excluding diaryl/α,β-unsaturated/α-hetero) is 1.